The zero-order chi connectivity index (χ0) is 20.3. The predicted octanol–water partition coefficient (Wildman–Crippen LogP) is 1.11. The standard InChI is InChI=1S/C17H17ClN4O5S/c18-13-3-2-12(28(25,26)22-5-7-27-8-6-22)9-15(13)21-17(24)11-1-4-14(16(19)23)20-10-11/h1-4,9-10H,5-8H2,(H2,19,23)(H,21,24). The third kappa shape index (κ3) is 4.30. The number of amides is 2. The summed E-state index contributed by atoms with van der Waals surface area (Å²) < 4.78 is 32.0. The van der Waals surface area contributed by atoms with Gasteiger partial charge >= 0.3 is 0 Å². The summed E-state index contributed by atoms with van der Waals surface area (Å²) in [5, 5.41) is 2.73. The van der Waals surface area contributed by atoms with E-state index < -0.39 is 21.8 Å². The Bertz CT molecular complexity index is 1000. The van der Waals surface area contributed by atoms with Gasteiger partial charge in [-0.25, -0.2) is 8.42 Å². The van der Waals surface area contributed by atoms with Gasteiger partial charge < -0.3 is 15.8 Å². The van der Waals surface area contributed by atoms with Gasteiger partial charge in [-0.2, -0.15) is 4.31 Å². The van der Waals surface area contributed by atoms with Crippen LogP contribution in [0.4, 0.5) is 5.69 Å². The number of nitrogens with one attached hydrogen (secondary N) is 1. The van der Waals surface area contributed by atoms with Crippen molar-refractivity contribution < 1.29 is 22.7 Å². The van der Waals surface area contributed by atoms with Crippen LogP contribution in [-0.2, 0) is 14.8 Å². The average Bonchev–Trinajstić information content (AvgIpc) is 2.70. The molecule has 1 aliphatic heterocycles. The number of anilines is 1. The molecule has 3 N–H and O–H groups in total. The third-order valence-electron chi connectivity index (χ3n) is 4.07. The number of morpholine rings is 1. The van der Waals surface area contributed by atoms with Gasteiger partial charge in [0, 0.05) is 19.3 Å². The van der Waals surface area contributed by atoms with Crippen LogP contribution in [0, 0.1) is 0 Å². The van der Waals surface area contributed by atoms with Crippen molar-refractivity contribution in [1.82, 2.24) is 9.29 Å². The molecule has 11 heteroatoms. The van der Waals surface area contributed by atoms with Crippen LogP contribution in [0.15, 0.2) is 41.4 Å². The van der Waals surface area contributed by atoms with E-state index in [4.69, 9.17) is 22.1 Å². The number of primary amides is 1. The molecule has 1 aromatic carbocycles. The van der Waals surface area contributed by atoms with Crippen molar-refractivity contribution in [3.05, 3.63) is 52.8 Å². The molecule has 0 atom stereocenters. The fourth-order valence-corrected chi connectivity index (χ4v) is 4.16. The van der Waals surface area contributed by atoms with E-state index in [-0.39, 0.29) is 40.0 Å². The Labute approximate surface area is 166 Å². The minimum Gasteiger partial charge on any atom is -0.379 e. The largest absolute Gasteiger partial charge is 0.379 e. The van der Waals surface area contributed by atoms with E-state index in [0.29, 0.717) is 13.2 Å². The monoisotopic (exact) mass is 424 g/mol. The summed E-state index contributed by atoms with van der Waals surface area (Å²) in [6.45, 7) is 1.16. The molecule has 1 fully saturated rings. The summed E-state index contributed by atoms with van der Waals surface area (Å²) in [5.74, 6) is -1.28. The Morgan fingerprint density at radius 3 is 2.50 bits per heavy atom. The number of carbonyl (C=O) groups excluding carboxylic acids is 2. The first-order valence-electron chi connectivity index (χ1n) is 8.23. The number of hydrogen-bond donors (Lipinski definition) is 2. The second kappa shape index (κ2) is 8.23. The van der Waals surface area contributed by atoms with Crippen molar-refractivity contribution in [3.63, 3.8) is 0 Å². The van der Waals surface area contributed by atoms with Gasteiger partial charge in [-0.1, -0.05) is 11.6 Å². The van der Waals surface area contributed by atoms with Gasteiger partial charge in [0.05, 0.1) is 34.4 Å². The highest BCUT2D eigenvalue weighted by molar-refractivity contribution is 7.89. The first kappa shape index (κ1) is 20.2. The summed E-state index contributed by atoms with van der Waals surface area (Å²) >= 11 is 6.11. The number of rotatable bonds is 5. The Balaban J connectivity index is 1.83. The Morgan fingerprint density at radius 2 is 1.89 bits per heavy atom. The number of sulfonamides is 1. The summed E-state index contributed by atoms with van der Waals surface area (Å²) in [6.07, 6.45) is 1.19. The minimum atomic E-state index is -3.74. The number of ether oxygens (including phenoxy) is 1. The molecule has 28 heavy (non-hydrogen) atoms. The Morgan fingerprint density at radius 1 is 1.18 bits per heavy atom. The number of aromatic nitrogens is 1. The minimum absolute atomic E-state index is 0.0105. The molecule has 148 valence electrons. The van der Waals surface area contributed by atoms with Crippen molar-refractivity contribution in [3.8, 4) is 0 Å². The van der Waals surface area contributed by atoms with Gasteiger partial charge in [-0.15, -0.1) is 0 Å². The normalized spacial score (nSPS) is 15.2. The highest BCUT2D eigenvalue weighted by Gasteiger charge is 2.27. The third-order valence-corrected chi connectivity index (χ3v) is 6.30. The lowest BCUT2D eigenvalue weighted by Gasteiger charge is -2.26. The zero-order valence-electron chi connectivity index (χ0n) is 14.6. The first-order chi connectivity index (χ1) is 13.3. The van der Waals surface area contributed by atoms with Gasteiger partial charge in [0.1, 0.15) is 5.69 Å². The molecule has 0 saturated carbocycles. The maximum atomic E-state index is 12.8. The van der Waals surface area contributed by atoms with Gasteiger partial charge in [-0.3, -0.25) is 14.6 Å². The number of pyridine rings is 1. The highest BCUT2D eigenvalue weighted by atomic mass is 35.5. The molecule has 1 aromatic heterocycles. The van der Waals surface area contributed by atoms with Crippen molar-refractivity contribution in [2.75, 3.05) is 31.6 Å². The molecular formula is C17H17ClN4O5S. The molecule has 0 spiro atoms. The molecule has 1 aliphatic rings. The number of benzene rings is 1. The fraction of sp³-hybridized carbons (Fsp3) is 0.235. The fourth-order valence-electron chi connectivity index (χ4n) is 2.57. The molecule has 3 rings (SSSR count). The van der Waals surface area contributed by atoms with E-state index in [1.54, 1.807) is 0 Å². The number of nitrogens with zero attached hydrogens (tertiary/aromatic N) is 2. The molecule has 2 amide bonds. The van der Waals surface area contributed by atoms with E-state index >= 15 is 0 Å². The van der Waals surface area contributed by atoms with Gasteiger partial charge in [0.15, 0.2) is 0 Å². The second-order valence-corrected chi connectivity index (χ2v) is 8.25. The molecule has 0 radical (unpaired) electrons. The summed E-state index contributed by atoms with van der Waals surface area (Å²) in [6, 6.07) is 6.78. The van der Waals surface area contributed by atoms with Crippen LogP contribution < -0.4 is 11.1 Å². The van der Waals surface area contributed by atoms with Crippen LogP contribution in [0.25, 0.3) is 0 Å². The maximum absolute atomic E-state index is 12.8. The molecule has 0 aliphatic carbocycles. The van der Waals surface area contributed by atoms with Gasteiger partial charge in [0.25, 0.3) is 11.8 Å². The topological polar surface area (TPSA) is 132 Å². The lowest BCUT2D eigenvalue weighted by atomic mass is 10.2. The Hall–Kier alpha value is -2.53. The molecule has 2 heterocycles. The van der Waals surface area contributed by atoms with E-state index in [2.05, 4.69) is 10.3 Å². The second-order valence-electron chi connectivity index (χ2n) is 5.91. The zero-order valence-corrected chi connectivity index (χ0v) is 16.2. The number of nitrogens with two attached hydrogens (primary N) is 1. The molecule has 0 unspecified atom stereocenters. The van der Waals surface area contributed by atoms with Crippen molar-refractivity contribution in [1.29, 1.82) is 0 Å². The molecular weight excluding hydrogens is 408 g/mol. The number of carbonyl (C=O) groups is 2. The summed E-state index contributed by atoms with van der Waals surface area (Å²) in [4.78, 5) is 27.3. The molecule has 0 bridgehead atoms. The van der Waals surface area contributed by atoms with Crippen LogP contribution in [0.5, 0.6) is 0 Å². The Kier molecular flexibility index (Phi) is 5.94. The van der Waals surface area contributed by atoms with Crippen LogP contribution in [0.3, 0.4) is 0 Å². The molecule has 2 aromatic rings. The van der Waals surface area contributed by atoms with E-state index in [1.165, 1.54) is 40.8 Å². The van der Waals surface area contributed by atoms with Crippen molar-refractivity contribution in [2.24, 2.45) is 5.73 Å². The van der Waals surface area contributed by atoms with Gasteiger partial charge in [-0.05, 0) is 30.3 Å². The SMILES string of the molecule is NC(=O)c1ccc(C(=O)Nc2cc(S(=O)(=O)N3CCOCC3)ccc2Cl)cn1. The molecule has 9 nitrogen and oxygen atoms in total. The van der Waals surface area contributed by atoms with Crippen molar-refractivity contribution in [2.45, 2.75) is 4.90 Å². The lowest BCUT2D eigenvalue weighted by molar-refractivity contribution is 0.0730. The molecule has 1 saturated heterocycles. The summed E-state index contributed by atoms with van der Waals surface area (Å²) in [7, 11) is -3.74. The van der Waals surface area contributed by atoms with Crippen LogP contribution in [-0.4, -0.2) is 55.8 Å². The van der Waals surface area contributed by atoms with Crippen LogP contribution in [0.2, 0.25) is 5.02 Å². The number of hydrogen-bond acceptors (Lipinski definition) is 6. The summed E-state index contributed by atoms with van der Waals surface area (Å²) in [5.41, 5.74) is 5.43. The van der Waals surface area contributed by atoms with Crippen LogP contribution >= 0.6 is 11.6 Å². The number of halogens is 1. The van der Waals surface area contributed by atoms with Crippen molar-refractivity contribution >= 4 is 39.1 Å². The highest BCUT2D eigenvalue weighted by Crippen LogP contribution is 2.27. The van der Waals surface area contributed by atoms with E-state index in [9.17, 15) is 18.0 Å². The van der Waals surface area contributed by atoms with E-state index in [0.717, 1.165) is 0 Å². The maximum Gasteiger partial charge on any atom is 0.267 e. The average molecular weight is 425 g/mol. The smallest absolute Gasteiger partial charge is 0.267 e. The van der Waals surface area contributed by atoms with Crippen LogP contribution in [0.1, 0.15) is 20.8 Å². The predicted molar refractivity (Wildman–Crippen MR) is 102 cm³/mol. The van der Waals surface area contributed by atoms with Gasteiger partial charge in [0.2, 0.25) is 10.0 Å². The first-order valence-corrected chi connectivity index (χ1v) is 10.1. The lowest BCUT2D eigenvalue weighted by Crippen LogP contribution is -2.40. The quantitative estimate of drug-likeness (QED) is 0.738. The van der Waals surface area contributed by atoms with E-state index in [1.807, 2.05) is 0 Å².